The van der Waals surface area contributed by atoms with Crippen molar-refractivity contribution in [2.75, 3.05) is 20.1 Å². The number of nitrogens with zero attached hydrogens (tertiary/aromatic N) is 1. The first-order valence-electron chi connectivity index (χ1n) is 5.93. The molecule has 0 saturated carbocycles. The number of carboxylic acid groups (broad SMARTS) is 1. The van der Waals surface area contributed by atoms with Crippen LogP contribution in [0.15, 0.2) is 0 Å². The SMILES string of the molecule is CCNC(C)(CN(C)C(C)C(C)C)C(=O)O. The number of rotatable bonds is 7. The maximum atomic E-state index is 11.2. The molecule has 0 aromatic rings. The number of hydrogen-bond donors (Lipinski definition) is 2. The molecule has 96 valence electrons. The average molecular weight is 230 g/mol. The zero-order chi connectivity index (χ0) is 12.9. The van der Waals surface area contributed by atoms with Crippen LogP contribution in [0.4, 0.5) is 0 Å². The van der Waals surface area contributed by atoms with Crippen LogP contribution in [0.5, 0.6) is 0 Å². The van der Waals surface area contributed by atoms with E-state index < -0.39 is 11.5 Å². The Morgan fingerprint density at radius 1 is 1.44 bits per heavy atom. The molecule has 0 rings (SSSR count). The smallest absolute Gasteiger partial charge is 0.324 e. The van der Waals surface area contributed by atoms with Crippen molar-refractivity contribution in [1.29, 1.82) is 0 Å². The van der Waals surface area contributed by atoms with Crippen molar-refractivity contribution >= 4 is 5.97 Å². The van der Waals surface area contributed by atoms with E-state index in [1.165, 1.54) is 0 Å². The molecule has 2 atom stereocenters. The lowest BCUT2D eigenvalue weighted by Crippen LogP contribution is -2.57. The van der Waals surface area contributed by atoms with E-state index in [-0.39, 0.29) is 0 Å². The predicted molar refractivity (Wildman–Crippen MR) is 66.6 cm³/mol. The van der Waals surface area contributed by atoms with Crippen molar-refractivity contribution in [3.8, 4) is 0 Å². The van der Waals surface area contributed by atoms with Crippen LogP contribution in [0.25, 0.3) is 0 Å². The Morgan fingerprint density at radius 2 is 1.94 bits per heavy atom. The van der Waals surface area contributed by atoms with Crippen LogP contribution in [0.3, 0.4) is 0 Å². The summed E-state index contributed by atoms with van der Waals surface area (Å²) >= 11 is 0. The van der Waals surface area contributed by atoms with Crippen molar-refractivity contribution < 1.29 is 9.90 Å². The Balaban J connectivity index is 4.57. The molecule has 2 unspecified atom stereocenters. The number of hydrogen-bond acceptors (Lipinski definition) is 3. The molecule has 0 bridgehead atoms. The maximum absolute atomic E-state index is 11.2. The Labute approximate surface area is 99.0 Å². The molecular formula is C12H26N2O2. The van der Waals surface area contributed by atoms with E-state index in [0.29, 0.717) is 25.0 Å². The van der Waals surface area contributed by atoms with Gasteiger partial charge in [-0.15, -0.1) is 0 Å². The molecule has 0 radical (unpaired) electrons. The van der Waals surface area contributed by atoms with E-state index in [1.54, 1.807) is 6.92 Å². The largest absolute Gasteiger partial charge is 0.480 e. The molecule has 0 aromatic carbocycles. The zero-order valence-electron chi connectivity index (χ0n) is 11.4. The number of carbonyl (C=O) groups is 1. The molecule has 0 spiro atoms. The minimum absolute atomic E-state index is 0.373. The number of aliphatic carboxylic acids is 1. The van der Waals surface area contributed by atoms with Crippen molar-refractivity contribution in [2.24, 2.45) is 5.92 Å². The molecule has 0 aliphatic rings. The first kappa shape index (κ1) is 15.4. The van der Waals surface area contributed by atoms with E-state index in [2.05, 4.69) is 31.0 Å². The molecule has 0 amide bonds. The van der Waals surface area contributed by atoms with Gasteiger partial charge in [-0.3, -0.25) is 4.79 Å². The summed E-state index contributed by atoms with van der Waals surface area (Å²) < 4.78 is 0. The summed E-state index contributed by atoms with van der Waals surface area (Å²) in [6.07, 6.45) is 0. The summed E-state index contributed by atoms with van der Waals surface area (Å²) in [5, 5.41) is 12.3. The summed E-state index contributed by atoms with van der Waals surface area (Å²) in [5.74, 6) is -0.276. The van der Waals surface area contributed by atoms with Gasteiger partial charge in [0.15, 0.2) is 0 Å². The lowest BCUT2D eigenvalue weighted by atomic mass is 9.98. The highest BCUT2D eigenvalue weighted by Gasteiger charge is 2.34. The molecule has 0 aliphatic carbocycles. The first-order valence-corrected chi connectivity index (χ1v) is 5.93. The summed E-state index contributed by atoms with van der Waals surface area (Å²) in [6, 6.07) is 0.373. The van der Waals surface area contributed by atoms with Gasteiger partial charge < -0.3 is 15.3 Å². The van der Waals surface area contributed by atoms with Crippen LogP contribution >= 0.6 is 0 Å². The maximum Gasteiger partial charge on any atom is 0.324 e. The van der Waals surface area contributed by atoms with Crippen molar-refractivity contribution in [3.05, 3.63) is 0 Å². The summed E-state index contributed by atoms with van der Waals surface area (Å²) in [7, 11) is 1.98. The van der Waals surface area contributed by atoms with E-state index >= 15 is 0 Å². The molecule has 0 aliphatic heterocycles. The average Bonchev–Trinajstić information content (AvgIpc) is 2.16. The van der Waals surface area contributed by atoms with Gasteiger partial charge in [0.25, 0.3) is 0 Å². The molecule has 0 saturated heterocycles. The predicted octanol–water partition coefficient (Wildman–Crippen LogP) is 1.42. The van der Waals surface area contributed by atoms with Crippen molar-refractivity contribution in [2.45, 2.75) is 46.2 Å². The minimum atomic E-state index is -0.868. The highest BCUT2D eigenvalue weighted by atomic mass is 16.4. The second-order valence-electron chi connectivity index (χ2n) is 5.07. The molecule has 0 heterocycles. The van der Waals surface area contributed by atoms with Crippen LogP contribution in [0.2, 0.25) is 0 Å². The Kier molecular flexibility index (Phi) is 5.97. The summed E-state index contributed by atoms with van der Waals surface area (Å²) in [5.41, 5.74) is -0.868. The van der Waals surface area contributed by atoms with Gasteiger partial charge in [-0.25, -0.2) is 0 Å². The summed E-state index contributed by atoms with van der Waals surface area (Å²) in [6.45, 7) is 11.2. The normalized spacial score (nSPS) is 17.5. The molecule has 2 N–H and O–H groups in total. The highest BCUT2D eigenvalue weighted by Crippen LogP contribution is 2.13. The van der Waals surface area contributed by atoms with Gasteiger partial charge in [-0.1, -0.05) is 20.8 Å². The van der Waals surface area contributed by atoms with E-state index in [1.807, 2.05) is 14.0 Å². The fourth-order valence-electron chi connectivity index (χ4n) is 1.74. The quantitative estimate of drug-likeness (QED) is 0.694. The summed E-state index contributed by atoms with van der Waals surface area (Å²) in [4.78, 5) is 13.3. The van der Waals surface area contributed by atoms with Crippen LogP contribution < -0.4 is 5.32 Å². The molecule has 4 heteroatoms. The Morgan fingerprint density at radius 3 is 2.25 bits per heavy atom. The van der Waals surface area contributed by atoms with Gasteiger partial charge in [0.1, 0.15) is 5.54 Å². The van der Waals surface area contributed by atoms with Crippen LogP contribution in [0, 0.1) is 5.92 Å². The van der Waals surface area contributed by atoms with Crippen molar-refractivity contribution in [1.82, 2.24) is 10.2 Å². The van der Waals surface area contributed by atoms with Gasteiger partial charge in [0.05, 0.1) is 0 Å². The minimum Gasteiger partial charge on any atom is -0.480 e. The number of carboxylic acids is 1. The Bertz CT molecular complexity index is 231. The van der Waals surface area contributed by atoms with Gasteiger partial charge in [0, 0.05) is 12.6 Å². The fourth-order valence-corrected chi connectivity index (χ4v) is 1.74. The lowest BCUT2D eigenvalue weighted by molar-refractivity contribution is -0.145. The van der Waals surface area contributed by atoms with E-state index in [9.17, 15) is 9.90 Å². The van der Waals surface area contributed by atoms with Crippen LogP contribution in [-0.4, -0.2) is 47.7 Å². The third kappa shape index (κ3) is 4.10. The van der Waals surface area contributed by atoms with Gasteiger partial charge in [-0.05, 0) is 33.4 Å². The zero-order valence-corrected chi connectivity index (χ0v) is 11.4. The van der Waals surface area contributed by atoms with Gasteiger partial charge in [-0.2, -0.15) is 0 Å². The lowest BCUT2D eigenvalue weighted by Gasteiger charge is -2.35. The molecule has 0 fully saturated rings. The van der Waals surface area contributed by atoms with Crippen LogP contribution in [-0.2, 0) is 4.79 Å². The van der Waals surface area contributed by atoms with E-state index in [4.69, 9.17) is 0 Å². The third-order valence-corrected chi connectivity index (χ3v) is 3.26. The van der Waals surface area contributed by atoms with Gasteiger partial charge >= 0.3 is 5.97 Å². The monoisotopic (exact) mass is 230 g/mol. The van der Waals surface area contributed by atoms with E-state index in [0.717, 1.165) is 0 Å². The van der Waals surface area contributed by atoms with Gasteiger partial charge in [0.2, 0.25) is 0 Å². The number of likely N-dealkylation sites (N-methyl/N-ethyl adjacent to an activating group) is 2. The molecule has 4 nitrogen and oxygen atoms in total. The second kappa shape index (κ2) is 6.21. The first-order chi connectivity index (χ1) is 7.24. The van der Waals surface area contributed by atoms with Crippen molar-refractivity contribution in [3.63, 3.8) is 0 Å². The standard InChI is InChI=1S/C12H26N2O2/c1-7-13-12(5,11(15)16)8-14(6)10(4)9(2)3/h9-10,13H,7-8H2,1-6H3,(H,15,16). The fraction of sp³-hybridized carbons (Fsp3) is 0.917. The topological polar surface area (TPSA) is 52.6 Å². The van der Waals surface area contributed by atoms with Crippen LogP contribution in [0.1, 0.15) is 34.6 Å². The second-order valence-corrected chi connectivity index (χ2v) is 5.07. The highest BCUT2D eigenvalue weighted by molar-refractivity contribution is 5.78. The molecule has 16 heavy (non-hydrogen) atoms. The third-order valence-electron chi connectivity index (χ3n) is 3.26. The number of nitrogens with one attached hydrogen (secondary N) is 1. The Hall–Kier alpha value is -0.610. The molecule has 0 aromatic heterocycles. The molecular weight excluding hydrogens is 204 g/mol.